The topological polar surface area (TPSA) is 103 Å². The summed E-state index contributed by atoms with van der Waals surface area (Å²) in [5, 5.41) is 5.23. The van der Waals surface area contributed by atoms with E-state index in [9.17, 15) is 18.4 Å². The fourth-order valence-corrected chi connectivity index (χ4v) is 6.64. The van der Waals surface area contributed by atoms with Gasteiger partial charge in [-0.1, -0.05) is 0 Å². The van der Waals surface area contributed by atoms with Gasteiger partial charge in [0.2, 0.25) is 11.8 Å². The van der Waals surface area contributed by atoms with E-state index >= 15 is 0 Å². The van der Waals surface area contributed by atoms with Gasteiger partial charge in [-0.25, -0.2) is 8.78 Å². The number of nitrogens with two attached hydrogens (primary N) is 1. The van der Waals surface area contributed by atoms with Crippen molar-refractivity contribution in [2.75, 3.05) is 13.2 Å². The molecule has 35 heavy (non-hydrogen) atoms. The summed E-state index contributed by atoms with van der Waals surface area (Å²) in [4.78, 5) is 25.2. The molecule has 200 valence electrons. The molecule has 4 N–H and O–H groups in total. The van der Waals surface area contributed by atoms with Crippen LogP contribution in [0.25, 0.3) is 0 Å². The summed E-state index contributed by atoms with van der Waals surface area (Å²) in [6, 6.07) is -0.316. The Morgan fingerprint density at radius 1 is 0.829 bits per heavy atom. The number of hydrogen-bond donors (Lipinski definition) is 3. The van der Waals surface area contributed by atoms with Crippen molar-refractivity contribution >= 4 is 35.0 Å². The lowest BCUT2D eigenvalue weighted by Crippen LogP contribution is -2.72. The fourth-order valence-electron chi connectivity index (χ4n) is 6.18. The van der Waals surface area contributed by atoms with Gasteiger partial charge in [0.15, 0.2) is 0 Å². The molecule has 0 radical (unpaired) electrons. The lowest BCUT2D eigenvalue weighted by Gasteiger charge is -2.57. The molecule has 5 fully saturated rings. The van der Waals surface area contributed by atoms with E-state index in [4.69, 9.17) is 38.4 Å². The molecule has 2 amide bonds. The van der Waals surface area contributed by atoms with E-state index in [1.165, 1.54) is 0 Å². The van der Waals surface area contributed by atoms with Gasteiger partial charge in [-0.05, 0) is 57.8 Å². The average molecular weight is 540 g/mol. The molecule has 2 bridgehead atoms. The summed E-state index contributed by atoms with van der Waals surface area (Å²) in [5.41, 5.74) is 5.55. The van der Waals surface area contributed by atoms with Crippen molar-refractivity contribution in [1.29, 1.82) is 0 Å². The van der Waals surface area contributed by atoms with Gasteiger partial charge in [-0.15, -0.1) is 23.2 Å². The van der Waals surface area contributed by atoms with Crippen LogP contribution in [0.2, 0.25) is 0 Å². The number of carbonyl (C=O) groups excluding carboxylic acids is 2. The van der Waals surface area contributed by atoms with E-state index in [1.54, 1.807) is 0 Å². The fraction of sp³-hybridized carbons (Fsp3) is 0.917. The second-order valence-electron chi connectivity index (χ2n) is 10.9. The molecule has 0 aromatic carbocycles. The van der Waals surface area contributed by atoms with Gasteiger partial charge in [0.25, 0.3) is 0 Å². The number of amides is 2. The average Bonchev–Trinajstić information content (AvgIpc) is 2.82. The van der Waals surface area contributed by atoms with Crippen LogP contribution in [-0.4, -0.2) is 77.5 Å². The zero-order valence-electron chi connectivity index (χ0n) is 20.0. The smallest absolute Gasteiger partial charge is 0.246 e. The number of fused-ring (bicyclic) bond motifs is 3. The zero-order valence-corrected chi connectivity index (χ0v) is 21.5. The van der Waals surface area contributed by atoms with Crippen LogP contribution in [0, 0.1) is 0 Å². The van der Waals surface area contributed by atoms with E-state index in [-0.39, 0.29) is 56.1 Å². The molecule has 7 atom stereocenters. The predicted molar refractivity (Wildman–Crippen MR) is 129 cm³/mol. The minimum Gasteiger partial charge on any atom is -0.368 e. The molecule has 0 spiro atoms. The van der Waals surface area contributed by atoms with Crippen LogP contribution in [-0.2, 0) is 19.1 Å². The van der Waals surface area contributed by atoms with Crippen molar-refractivity contribution in [3.63, 3.8) is 0 Å². The number of rotatable bonds is 8. The van der Waals surface area contributed by atoms with Gasteiger partial charge in [0.1, 0.15) is 25.6 Å². The first-order chi connectivity index (χ1) is 16.6. The highest BCUT2D eigenvalue weighted by Gasteiger charge is 2.54. The standard InChI is InChI=1S/C24H37Cl2F2N3O4/c25-16-3-1-14(9-18(16)27)34-12-21(32)30-23-5-7-24(8-6-23,20(29)11-23)31-22(33)13-35-15-2-4-17(26)19(28)10-15/h14-20H,1-13,29H2,(H,30,32)(H,31,33). The van der Waals surface area contributed by atoms with Gasteiger partial charge in [-0.2, -0.15) is 0 Å². The van der Waals surface area contributed by atoms with E-state index in [2.05, 4.69) is 10.6 Å². The first kappa shape index (κ1) is 27.3. The Labute approximate surface area is 215 Å². The zero-order chi connectivity index (χ0) is 25.2. The maximum atomic E-state index is 13.8. The molecule has 5 aliphatic carbocycles. The predicted octanol–water partition coefficient (Wildman–Crippen LogP) is 3.03. The molecule has 5 aliphatic rings. The first-order valence-electron chi connectivity index (χ1n) is 12.8. The quantitative estimate of drug-likeness (QED) is 0.411. The van der Waals surface area contributed by atoms with Crippen molar-refractivity contribution in [2.45, 2.75) is 123 Å². The summed E-state index contributed by atoms with van der Waals surface area (Å²) in [6.07, 6.45) is 3.19. The first-order valence-corrected chi connectivity index (χ1v) is 13.6. The Balaban J connectivity index is 1.20. The molecule has 0 saturated heterocycles. The van der Waals surface area contributed by atoms with Gasteiger partial charge in [0, 0.05) is 24.4 Å². The second-order valence-corrected chi connectivity index (χ2v) is 12.0. The highest BCUT2D eigenvalue weighted by Crippen LogP contribution is 2.46. The molecule has 5 saturated carbocycles. The molecule has 11 heteroatoms. The summed E-state index contributed by atoms with van der Waals surface area (Å²) >= 11 is 11.8. The van der Waals surface area contributed by atoms with Crippen LogP contribution < -0.4 is 16.4 Å². The highest BCUT2D eigenvalue weighted by molar-refractivity contribution is 6.21. The highest BCUT2D eigenvalue weighted by atomic mass is 35.5. The Morgan fingerprint density at radius 3 is 1.77 bits per heavy atom. The third-order valence-corrected chi connectivity index (χ3v) is 9.39. The van der Waals surface area contributed by atoms with Crippen LogP contribution in [0.5, 0.6) is 0 Å². The normalized spacial score (nSPS) is 43.5. The van der Waals surface area contributed by atoms with Gasteiger partial charge < -0.3 is 25.8 Å². The molecular weight excluding hydrogens is 503 g/mol. The number of halogens is 4. The molecule has 5 rings (SSSR count). The summed E-state index contributed by atoms with van der Waals surface area (Å²) in [6.45, 7) is -0.255. The number of alkyl halides is 4. The van der Waals surface area contributed by atoms with Gasteiger partial charge >= 0.3 is 0 Å². The van der Waals surface area contributed by atoms with Crippen molar-refractivity contribution in [1.82, 2.24) is 10.6 Å². The third-order valence-electron chi connectivity index (χ3n) is 8.40. The van der Waals surface area contributed by atoms with Crippen LogP contribution in [0.3, 0.4) is 0 Å². The van der Waals surface area contributed by atoms with E-state index in [0.717, 1.165) is 0 Å². The molecule has 0 heterocycles. The molecule has 0 aliphatic heterocycles. The summed E-state index contributed by atoms with van der Waals surface area (Å²) < 4.78 is 38.9. The number of nitrogens with one attached hydrogen (secondary N) is 2. The second kappa shape index (κ2) is 11.3. The van der Waals surface area contributed by atoms with Crippen molar-refractivity contribution < 1.29 is 27.8 Å². The van der Waals surface area contributed by atoms with Crippen molar-refractivity contribution in [3.05, 3.63) is 0 Å². The minimum absolute atomic E-state index is 0.119. The molecular formula is C24H37Cl2F2N3O4. The molecule has 7 nitrogen and oxygen atoms in total. The lowest BCUT2D eigenvalue weighted by atomic mass is 9.59. The van der Waals surface area contributed by atoms with Gasteiger partial charge in [0.05, 0.1) is 28.5 Å². The van der Waals surface area contributed by atoms with E-state index < -0.39 is 34.2 Å². The van der Waals surface area contributed by atoms with Gasteiger partial charge in [-0.3, -0.25) is 9.59 Å². The van der Waals surface area contributed by atoms with E-state index in [0.29, 0.717) is 57.8 Å². The molecule has 0 aromatic rings. The van der Waals surface area contributed by atoms with Crippen molar-refractivity contribution in [2.24, 2.45) is 5.73 Å². The Hall–Kier alpha value is -0.740. The maximum absolute atomic E-state index is 13.8. The minimum atomic E-state index is -1.11. The lowest BCUT2D eigenvalue weighted by molar-refractivity contribution is -0.136. The largest absolute Gasteiger partial charge is 0.368 e. The Kier molecular flexibility index (Phi) is 8.84. The monoisotopic (exact) mass is 539 g/mol. The number of ether oxygens (including phenoxy) is 2. The Morgan fingerprint density at radius 2 is 1.31 bits per heavy atom. The van der Waals surface area contributed by atoms with Crippen LogP contribution in [0.4, 0.5) is 8.78 Å². The Bertz CT molecular complexity index is 771. The summed E-state index contributed by atoms with van der Waals surface area (Å²) in [5.74, 6) is -0.487. The van der Waals surface area contributed by atoms with Crippen LogP contribution >= 0.6 is 23.2 Å². The summed E-state index contributed by atoms with van der Waals surface area (Å²) in [7, 11) is 0. The number of carbonyl (C=O) groups is 2. The molecule has 7 unspecified atom stereocenters. The molecule has 0 aromatic heterocycles. The van der Waals surface area contributed by atoms with Crippen LogP contribution in [0.15, 0.2) is 0 Å². The number of hydrogen-bond acceptors (Lipinski definition) is 5. The third kappa shape index (κ3) is 6.58. The van der Waals surface area contributed by atoms with Crippen molar-refractivity contribution in [3.8, 4) is 0 Å². The maximum Gasteiger partial charge on any atom is 0.246 e. The van der Waals surface area contributed by atoms with Crippen LogP contribution in [0.1, 0.15) is 70.6 Å². The SMILES string of the molecule is NC1CC2(NC(=O)COC3CCC(Cl)C(F)C3)CCC1(NC(=O)COC1CCC(Cl)C(F)C1)CC2. The van der Waals surface area contributed by atoms with E-state index in [1.807, 2.05) is 0 Å².